The summed E-state index contributed by atoms with van der Waals surface area (Å²) in [6.07, 6.45) is 2.98. The van der Waals surface area contributed by atoms with E-state index >= 15 is 0 Å². The number of thiophene rings is 1. The van der Waals surface area contributed by atoms with Crippen molar-refractivity contribution in [2.45, 2.75) is 33.1 Å². The van der Waals surface area contributed by atoms with Crippen molar-refractivity contribution >= 4 is 55.5 Å². The number of nitriles is 1. The Labute approximate surface area is 182 Å². The van der Waals surface area contributed by atoms with Crippen LogP contribution in [0.2, 0.25) is 0 Å². The quantitative estimate of drug-likeness (QED) is 0.603. The van der Waals surface area contributed by atoms with Gasteiger partial charge in [0, 0.05) is 10.4 Å². The van der Waals surface area contributed by atoms with E-state index in [0.717, 1.165) is 24.8 Å². The van der Waals surface area contributed by atoms with Gasteiger partial charge in [-0.1, -0.05) is 6.92 Å². The monoisotopic (exact) mass is 477 g/mol. The average molecular weight is 478 g/mol. The standard InChI is InChI=1S/C20H20BrN3O2S2/c1-3-26-16-7-5-12(9-15(16)21)18(25)23-20(27)24-19-14(10-22)13-6-4-11(2)8-17(13)28-19/h5,7,9,11H,3-4,6,8H2,1-2H3,(H2,23,24,25,27). The minimum atomic E-state index is -0.324. The molecule has 0 fully saturated rings. The Balaban J connectivity index is 1.70. The Morgan fingerprint density at radius 2 is 2.29 bits per heavy atom. The van der Waals surface area contributed by atoms with Crippen molar-refractivity contribution in [1.82, 2.24) is 5.32 Å². The van der Waals surface area contributed by atoms with Gasteiger partial charge >= 0.3 is 0 Å². The number of nitrogens with zero attached hydrogens (tertiary/aromatic N) is 1. The zero-order valence-electron chi connectivity index (χ0n) is 15.6. The fourth-order valence-corrected chi connectivity index (χ4v) is 5.30. The van der Waals surface area contributed by atoms with E-state index in [1.807, 2.05) is 6.92 Å². The Morgan fingerprint density at radius 3 is 2.96 bits per heavy atom. The number of hydrogen-bond acceptors (Lipinski definition) is 5. The maximum atomic E-state index is 12.5. The number of hydrogen-bond donors (Lipinski definition) is 2. The van der Waals surface area contributed by atoms with Gasteiger partial charge in [-0.25, -0.2) is 0 Å². The third-order valence-electron chi connectivity index (χ3n) is 4.57. The van der Waals surface area contributed by atoms with Gasteiger partial charge in [0.25, 0.3) is 5.91 Å². The minimum absolute atomic E-state index is 0.179. The molecular formula is C20H20BrN3O2S2. The lowest BCUT2D eigenvalue weighted by molar-refractivity contribution is 0.0977. The Bertz CT molecular complexity index is 965. The van der Waals surface area contributed by atoms with E-state index < -0.39 is 0 Å². The molecule has 1 heterocycles. The molecule has 0 saturated carbocycles. The summed E-state index contributed by atoms with van der Waals surface area (Å²) in [5.74, 6) is 0.974. The SMILES string of the molecule is CCOc1ccc(C(=O)NC(=S)Nc2sc3c(c2C#N)CCC(C)C3)cc1Br. The second-order valence-corrected chi connectivity index (χ2v) is 9.02. The normalized spacial score (nSPS) is 15.3. The van der Waals surface area contributed by atoms with E-state index in [0.29, 0.717) is 38.9 Å². The van der Waals surface area contributed by atoms with Crippen molar-refractivity contribution in [3.63, 3.8) is 0 Å². The number of thiocarbonyl (C=S) groups is 1. The van der Waals surface area contributed by atoms with Crippen LogP contribution in [0.25, 0.3) is 0 Å². The predicted molar refractivity (Wildman–Crippen MR) is 119 cm³/mol. The van der Waals surface area contributed by atoms with Gasteiger partial charge in [0.05, 0.1) is 16.6 Å². The molecule has 28 heavy (non-hydrogen) atoms. The topological polar surface area (TPSA) is 74.2 Å². The van der Waals surface area contributed by atoms with Crippen LogP contribution in [0.15, 0.2) is 22.7 Å². The first-order valence-electron chi connectivity index (χ1n) is 9.02. The molecule has 0 aliphatic heterocycles. The highest BCUT2D eigenvalue weighted by molar-refractivity contribution is 9.10. The smallest absolute Gasteiger partial charge is 0.257 e. The van der Waals surface area contributed by atoms with E-state index in [9.17, 15) is 10.1 Å². The molecule has 0 bridgehead atoms. The van der Waals surface area contributed by atoms with Gasteiger partial charge in [-0.3, -0.25) is 10.1 Å². The number of ether oxygens (including phenoxy) is 1. The molecule has 1 amide bonds. The molecular weight excluding hydrogens is 458 g/mol. The minimum Gasteiger partial charge on any atom is -0.493 e. The molecule has 0 radical (unpaired) electrons. The molecule has 0 saturated heterocycles. The zero-order chi connectivity index (χ0) is 20.3. The summed E-state index contributed by atoms with van der Waals surface area (Å²) in [7, 11) is 0. The van der Waals surface area contributed by atoms with Gasteiger partial charge in [-0.15, -0.1) is 11.3 Å². The van der Waals surface area contributed by atoms with E-state index in [2.05, 4.69) is 39.6 Å². The van der Waals surface area contributed by atoms with Crippen LogP contribution in [-0.4, -0.2) is 17.6 Å². The van der Waals surface area contributed by atoms with Gasteiger partial charge in [-0.05, 0) is 84.0 Å². The van der Waals surface area contributed by atoms with Gasteiger partial charge < -0.3 is 10.1 Å². The van der Waals surface area contributed by atoms with E-state index in [-0.39, 0.29) is 11.0 Å². The summed E-state index contributed by atoms with van der Waals surface area (Å²) in [6, 6.07) is 7.40. The second-order valence-electron chi connectivity index (χ2n) is 6.65. The third-order valence-corrected chi connectivity index (χ3v) is 6.57. The number of amides is 1. The molecule has 1 aliphatic rings. The third kappa shape index (κ3) is 4.54. The highest BCUT2D eigenvalue weighted by atomic mass is 79.9. The molecule has 2 N–H and O–H groups in total. The number of carbonyl (C=O) groups excluding carboxylic acids is 1. The number of benzene rings is 1. The molecule has 0 spiro atoms. The van der Waals surface area contributed by atoms with E-state index in [1.54, 1.807) is 29.5 Å². The molecule has 1 aliphatic carbocycles. The van der Waals surface area contributed by atoms with Crippen molar-refractivity contribution in [2.24, 2.45) is 5.92 Å². The van der Waals surface area contributed by atoms with Crippen LogP contribution in [0.5, 0.6) is 5.75 Å². The highest BCUT2D eigenvalue weighted by Crippen LogP contribution is 2.39. The molecule has 2 aromatic rings. The Kier molecular flexibility index (Phi) is 6.70. The van der Waals surface area contributed by atoms with Crippen LogP contribution in [0, 0.1) is 17.2 Å². The maximum absolute atomic E-state index is 12.5. The van der Waals surface area contributed by atoms with Gasteiger partial charge in [-0.2, -0.15) is 5.26 Å². The summed E-state index contributed by atoms with van der Waals surface area (Å²) in [4.78, 5) is 13.7. The number of rotatable bonds is 4. The second kappa shape index (κ2) is 9.03. The average Bonchev–Trinajstić information content (AvgIpc) is 2.99. The van der Waals surface area contributed by atoms with E-state index in [4.69, 9.17) is 17.0 Å². The molecule has 1 atom stereocenters. The summed E-state index contributed by atoms with van der Waals surface area (Å²) in [5.41, 5.74) is 2.23. The number of nitrogens with one attached hydrogen (secondary N) is 2. The first-order chi connectivity index (χ1) is 13.4. The van der Waals surface area contributed by atoms with Crippen LogP contribution in [0.3, 0.4) is 0 Å². The van der Waals surface area contributed by atoms with Crippen molar-refractivity contribution in [1.29, 1.82) is 5.26 Å². The Hall–Kier alpha value is -1.95. The molecule has 3 rings (SSSR count). The molecule has 1 aromatic heterocycles. The lowest BCUT2D eigenvalue weighted by Crippen LogP contribution is -2.34. The van der Waals surface area contributed by atoms with Gasteiger partial charge in [0.1, 0.15) is 16.8 Å². The first kappa shape index (κ1) is 20.8. The molecule has 1 unspecified atom stereocenters. The summed E-state index contributed by atoms with van der Waals surface area (Å²) < 4.78 is 6.16. The molecule has 146 valence electrons. The van der Waals surface area contributed by atoms with Crippen LogP contribution in [0.4, 0.5) is 5.00 Å². The largest absolute Gasteiger partial charge is 0.493 e. The Morgan fingerprint density at radius 1 is 1.50 bits per heavy atom. The molecule has 1 aromatic carbocycles. The lowest BCUT2D eigenvalue weighted by atomic mass is 9.89. The maximum Gasteiger partial charge on any atom is 0.257 e. The van der Waals surface area contributed by atoms with Crippen molar-refractivity contribution in [2.75, 3.05) is 11.9 Å². The number of anilines is 1. The van der Waals surface area contributed by atoms with Crippen LogP contribution in [-0.2, 0) is 12.8 Å². The van der Waals surface area contributed by atoms with Crippen molar-refractivity contribution < 1.29 is 9.53 Å². The lowest BCUT2D eigenvalue weighted by Gasteiger charge is -2.17. The summed E-state index contributed by atoms with van der Waals surface area (Å²) in [5, 5.41) is 16.2. The van der Waals surface area contributed by atoms with Crippen LogP contribution < -0.4 is 15.4 Å². The summed E-state index contributed by atoms with van der Waals surface area (Å²) in [6.45, 7) is 4.67. The van der Waals surface area contributed by atoms with Crippen molar-refractivity contribution in [3.05, 3.63) is 44.2 Å². The number of halogens is 1. The van der Waals surface area contributed by atoms with Gasteiger partial charge in [0.15, 0.2) is 5.11 Å². The number of carbonyl (C=O) groups is 1. The highest BCUT2D eigenvalue weighted by Gasteiger charge is 2.24. The zero-order valence-corrected chi connectivity index (χ0v) is 18.8. The fourth-order valence-electron chi connectivity index (χ4n) is 3.18. The number of fused-ring (bicyclic) bond motifs is 1. The van der Waals surface area contributed by atoms with Crippen LogP contribution >= 0.6 is 39.5 Å². The predicted octanol–water partition coefficient (Wildman–Crippen LogP) is 5.03. The van der Waals surface area contributed by atoms with Gasteiger partial charge in [0.2, 0.25) is 0 Å². The summed E-state index contributed by atoms with van der Waals surface area (Å²) >= 11 is 10.3. The molecule has 8 heteroatoms. The fraction of sp³-hybridized carbons (Fsp3) is 0.350. The van der Waals surface area contributed by atoms with E-state index in [1.165, 1.54) is 4.88 Å². The molecule has 5 nitrogen and oxygen atoms in total. The first-order valence-corrected chi connectivity index (χ1v) is 11.0. The van der Waals surface area contributed by atoms with Crippen molar-refractivity contribution in [3.8, 4) is 11.8 Å². The van der Waals surface area contributed by atoms with Crippen LogP contribution in [0.1, 0.15) is 46.6 Å².